The van der Waals surface area contributed by atoms with E-state index in [1.165, 1.54) is 0 Å². The van der Waals surface area contributed by atoms with Crippen LogP contribution in [0.4, 0.5) is 10.5 Å². The van der Waals surface area contributed by atoms with Crippen LogP contribution in [0.3, 0.4) is 0 Å². The van der Waals surface area contributed by atoms with Crippen LogP contribution in [0.25, 0.3) is 0 Å². The number of carbonyl (C=O) groups is 2. The average Bonchev–Trinajstić information content (AvgIpc) is 2.79. The van der Waals surface area contributed by atoms with Gasteiger partial charge in [-0.05, 0) is 53.6 Å². The Morgan fingerprint density at radius 3 is 2.33 bits per heavy atom. The second-order valence-corrected chi connectivity index (χ2v) is 6.58. The van der Waals surface area contributed by atoms with Gasteiger partial charge in [-0.2, -0.15) is 0 Å². The number of pyridine rings is 2. The number of amides is 3. The van der Waals surface area contributed by atoms with Crippen LogP contribution in [0.1, 0.15) is 21.5 Å². The topological polar surface area (TPSA) is 87.2 Å². The first-order valence-corrected chi connectivity index (χ1v) is 9.48. The van der Waals surface area contributed by atoms with Crippen LogP contribution < -0.4 is 10.6 Å². The minimum absolute atomic E-state index is 0.191. The number of rotatable bonds is 8. The van der Waals surface area contributed by atoms with Gasteiger partial charge in [-0.3, -0.25) is 14.8 Å². The molecule has 0 saturated heterocycles. The third-order valence-electron chi connectivity index (χ3n) is 4.31. The van der Waals surface area contributed by atoms with E-state index in [0.29, 0.717) is 30.9 Å². The molecule has 3 amide bonds. The van der Waals surface area contributed by atoms with Crippen molar-refractivity contribution >= 4 is 17.6 Å². The standard InChI is InChI=1S/C23H23N5O2/c1-2-11-26-22(29)20-5-7-21(8-6-20)27-23(30)28(16-18-9-13-24-14-10-18)17-19-4-3-12-25-15-19/h2-10,12-15H,1,11,16-17H2,(H,26,29)(H,27,30). The van der Waals surface area contributed by atoms with Crippen molar-refractivity contribution in [2.24, 2.45) is 0 Å². The van der Waals surface area contributed by atoms with Crippen molar-refractivity contribution in [2.45, 2.75) is 13.1 Å². The van der Waals surface area contributed by atoms with Gasteiger partial charge >= 0.3 is 6.03 Å². The van der Waals surface area contributed by atoms with E-state index >= 15 is 0 Å². The van der Waals surface area contributed by atoms with Crippen LogP contribution in [-0.2, 0) is 13.1 Å². The fraction of sp³-hybridized carbons (Fsp3) is 0.130. The fourth-order valence-electron chi connectivity index (χ4n) is 2.79. The number of carbonyl (C=O) groups excluding carboxylic acids is 2. The normalized spacial score (nSPS) is 10.1. The van der Waals surface area contributed by atoms with Gasteiger partial charge in [0.1, 0.15) is 0 Å². The molecule has 0 spiro atoms. The Morgan fingerprint density at radius 2 is 1.67 bits per heavy atom. The van der Waals surface area contributed by atoms with E-state index in [1.54, 1.807) is 60.0 Å². The molecule has 0 fully saturated rings. The molecule has 152 valence electrons. The van der Waals surface area contributed by atoms with Crippen LogP contribution in [-0.4, -0.2) is 33.4 Å². The zero-order chi connectivity index (χ0) is 21.2. The summed E-state index contributed by atoms with van der Waals surface area (Å²) in [5.41, 5.74) is 3.01. The first-order chi connectivity index (χ1) is 14.7. The second-order valence-electron chi connectivity index (χ2n) is 6.58. The molecule has 3 rings (SSSR count). The molecule has 2 aromatic heterocycles. The second kappa shape index (κ2) is 10.5. The van der Waals surface area contributed by atoms with E-state index in [-0.39, 0.29) is 11.9 Å². The van der Waals surface area contributed by atoms with Crippen molar-refractivity contribution in [1.82, 2.24) is 20.2 Å². The van der Waals surface area contributed by atoms with Gasteiger partial charge in [0.2, 0.25) is 0 Å². The summed E-state index contributed by atoms with van der Waals surface area (Å²) < 4.78 is 0. The molecule has 2 heterocycles. The quantitative estimate of drug-likeness (QED) is 0.564. The zero-order valence-electron chi connectivity index (χ0n) is 16.5. The third-order valence-corrected chi connectivity index (χ3v) is 4.31. The van der Waals surface area contributed by atoms with Crippen LogP contribution >= 0.6 is 0 Å². The van der Waals surface area contributed by atoms with Crippen molar-refractivity contribution in [2.75, 3.05) is 11.9 Å². The predicted molar refractivity (Wildman–Crippen MR) is 116 cm³/mol. The summed E-state index contributed by atoms with van der Waals surface area (Å²) in [5.74, 6) is -0.191. The Bertz CT molecular complexity index is 934. The van der Waals surface area contributed by atoms with Crippen molar-refractivity contribution in [1.29, 1.82) is 0 Å². The summed E-state index contributed by atoms with van der Waals surface area (Å²) >= 11 is 0. The number of benzene rings is 1. The molecule has 0 atom stereocenters. The minimum atomic E-state index is -0.250. The third kappa shape index (κ3) is 6.00. The molecular formula is C23H23N5O2. The molecule has 0 aliphatic carbocycles. The van der Waals surface area contributed by atoms with Crippen LogP contribution in [0.15, 0.2) is 86.0 Å². The maximum Gasteiger partial charge on any atom is 0.322 e. The Balaban J connectivity index is 1.70. The van der Waals surface area contributed by atoms with Crippen LogP contribution in [0, 0.1) is 0 Å². The lowest BCUT2D eigenvalue weighted by Gasteiger charge is -2.23. The highest BCUT2D eigenvalue weighted by Crippen LogP contribution is 2.14. The molecule has 0 aliphatic heterocycles. The van der Waals surface area contributed by atoms with Gasteiger partial charge in [0.15, 0.2) is 0 Å². The van der Waals surface area contributed by atoms with E-state index in [0.717, 1.165) is 11.1 Å². The highest BCUT2D eigenvalue weighted by atomic mass is 16.2. The molecule has 0 unspecified atom stereocenters. The first-order valence-electron chi connectivity index (χ1n) is 9.48. The van der Waals surface area contributed by atoms with E-state index in [4.69, 9.17) is 0 Å². The Labute approximate surface area is 175 Å². The SMILES string of the molecule is C=CCNC(=O)c1ccc(NC(=O)N(Cc2ccncc2)Cc2cccnc2)cc1. The molecular weight excluding hydrogens is 378 g/mol. The molecule has 1 aromatic carbocycles. The predicted octanol–water partition coefficient (Wildman–Crippen LogP) is 3.63. The molecule has 2 N–H and O–H groups in total. The summed E-state index contributed by atoms with van der Waals surface area (Å²) in [7, 11) is 0. The van der Waals surface area contributed by atoms with E-state index in [1.807, 2.05) is 24.3 Å². The van der Waals surface area contributed by atoms with Crippen molar-refractivity contribution < 1.29 is 9.59 Å². The van der Waals surface area contributed by atoms with Gasteiger partial charge < -0.3 is 15.5 Å². The lowest BCUT2D eigenvalue weighted by Crippen LogP contribution is -2.34. The number of nitrogens with one attached hydrogen (secondary N) is 2. The smallest absolute Gasteiger partial charge is 0.322 e. The molecule has 0 radical (unpaired) electrons. The highest BCUT2D eigenvalue weighted by molar-refractivity contribution is 5.95. The van der Waals surface area contributed by atoms with Gasteiger partial charge in [0, 0.05) is 55.7 Å². The summed E-state index contributed by atoms with van der Waals surface area (Å²) in [6.07, 6.45) is 8.45. The number of hydrogen-bond donors (Lipinski definition) is 2. The van der Waals surface area contributed by atoms with Gasteiger partial charge in [0.25, 0.3) is 5.91 Å². The molecule has 30 heavy (non-hydrogen) atoms. The minimum Gasteiger partial charge on any atom is -0.349 e. The van der Waals surface area contributed by atoms with Gasteiger partial charge in [-0.25, -0.2) is 4.79 Å². The lowest BCUT2D eigenvalue weighted by molar-refractivity contribution is 0.0958. The molecule has 0 bridgehead atoms. The zero-order valence-corrected chi connectivity index (χ0v) is 16.5. The number of hydrogen-bond acceptors (Lipinski definition) is 4. The lowest BCUT2D eigenvalue weighted by atomic mass is 10.2. The average molecular weight is 401 g/mol. The molecule has 0 saturated carbocycles. The molecule has 7 nitrogen and oxygen atoms in total. The number of nitrogens with zero attached hydrogens (tertiary/aromatic N) is 3. The molecule has 7 heteroatoms. The van der Waals surface area contributed by atoms with Gasteiger partial charge in [-0.1, -0.05) is 12.1 Å². The Hall–Kier alpha value is -4.00. The summed E-state index contributed by atoms with van der Waals surface area (Å²) in [4.78, 5) is 34.8. The summed E-state index contributed by atoms with van der Waals surface area (Å²) in [6, 6.07) is 14.0. The van der Waals surface area contributed by atoms with E-state index in [2.05, 4.69) is 27.2 Å². The van der Waals surface area contributed by atoms with E-state index in [9.17, 15) is 9.59 Å². The molecule has 3 aromatic rings. The van der Waals surface area contributed by atoms with Crippen molar-refractivity contribution in [3.8, 4) is 0 Å². The number of aromatic nitrogens is 2. The van der Waals surface area contributed by atoms with Crippen LogP contribution in [0.5, 0.6) is 0 Å². The highest BCUT2D eigenvalue weighted by Gasteiger charge is 2.15. The van der Waals surface area contributed by atoms with Crippen molar-refractivity contribution in [3.63, 3.8) is 0 Å². The van der Waals surface area contributed by atoms with Gasteiger partial charge in [-0.15, -0.1) is 6.58 Å². The molecule has 0 aliphatic rings. The number of anilines is 1. The van der Waals surface area contributed by atoms with E-state index < -0.39 is 0 Å². The van der Waals surface area contributed by atoms with Crippen molar-refractivity contribution in [3.05, 3.63) is 103 Å². The largest absolute Gasteiger partial charge is 0.349 e. The monoisotopic (exact) mass is 401 g/mol. The fourth-order valence-corrected chi connectivity index (χ4v) is 2.79. The van der Waals surface area contributed by atoms with Crippen LogP contribution in [0.2, 0.25) is 0 Å². The van der Waals surface area contributed by atoms with Gasteiger partial charge in [0.05, 0.1) is 0 Å². The Morgan fingerprint density at radius 1 is 0.933 bits per heavy atom. The number of urea groups is 1. The first kappa shape index (κ1) is 20.7. The summed E-state index contributed by atoms with van der Waals surface area (Å²) in [5, 5.41) is 5.61. The summed E-state index contributed by atoms with van der Waals surface area (Å²) in [6.45, 7) is 4.80. The maximum atomic E-state index is 13.0. The Kier molecular flexibility index (Phi) is 7.27. The maximum absolute atomic E-state index is 13.0.